The van der Waals surface area contributed by atoms with Crippen LogP contribution in [0.15, 0.2) is 24.3 Å². The first-order valence-electron chi connectivity index (χ1n) is 6.90. The van der Waals surface area contributed by atoms with Crippen LogP contribution in [0.5, 0.6) is 0 Å². The minimum absolute atomic E-state index is 0.776. The normalized spacial score (nSPS) is 14.7. The molecule has 104 valence electrons. The average Bonchev–Trinajstić information content (AvgIpc) is 2.65. The van der Waals surface area contributed by atoms with Crippen molar-refractivity contribution in [3.63, 3.8) is 0 Å². The molecule has 1 aromatic carbocycles. The largest absolute Gasteiger partial charge is 0.385 e. The van der Waals surface area contributed by atoms with Crippen LogP contribution < -0.4 is 5.32 Å². The third-order valence-electron chi connectivity index (χ3n) is 3.44. The quantitative estimate of drug-likeness (QED) is 0.675. The van der Waals surface area contributed by atoms with E-state index >= 15 is 0 Å². The van der Waals surface area contributed by atoms with Gasteiger partial charge in [0, 0.05) is 33.4 Å². The summed E-state index contributed by atoms with van der Waals surface area (Å²) in [6, 6.07) is 8.67. The van der Waals surface area contributed by atoms with Gasteiger partial charge in [-0.3, -0.25) is 0 Å². The molecule has 0 saturated carbocycles. The number of nitrogens with one attached hydrogen (secondary N) is 1. The smallest absolute Gasteiger partial charge is 0.169 e. The molecule has 2 rings (SSSR count). The summed E-state index contributed by atoms with van der Waals surface area (Å²) in [7, 11) is 1.73. The Labute approximate surface area is 120 Å². The molecule has 1 N–H and O–H groups in total. The molecule has 0 aromatic heterocycles. The summed E-state index contributed by atoms with van der Waals surface area (Å²) in [5, 5.41) is 4.19. The second-order valence-corrected chi connectivity index (χ2v) is 5.26. The molecule has 0 atom stereocenters. The number of rotatable bonds is 4. The first kappa shape index (κ1) is 14.3. The third-order valence-corrected chi connectivity index (χ3v) is 3.84. The van der Waals surface area contributed by atoms with Crippen molar-refractivity contribution in [2.75, 3.05) is 26.8 Å². The van der Waals surface area contributed by atoms with E-state index in [0.717, 1.165) is 50.6 Å². The van der Waals surface area contributed by atoms with Gasteiger partial charge in [0.2, 0.25) is 0 Å². The Morgan fingerprint density at radius 1 is 1.37 bits per heavy atom. The van der Waals surface area contributed by atoms with Gasteiger partial charge >= 0.3 is 0 Å². The van der Waals surface area contributed by atoms with E-state index in [1.807, 2.05) is 0 Å². The fraction of sp³-hybridized carbons (Fsp3) is 0.533. The van der Waals surface area contributed by atoms with Crippen molar-refractivity contribution < 1.29 is 4.74 Å². The van der Waals surface area contributed by atoms with E-state index in [-0.39, 0.29) is 0 Å². The monoisotopic (exact) mass is 278 g/mol. The predicted molar refractivity (Wildman–Crippen MR) is 82.3 cm³/mol. The highest BCUT2D eigenvalue weighted by atomic mass is 32.1. The van der Waals surface area contributed by atoms with Gasteiger partial charge in [0.1, 0.15) is 0 Å². The molecule has 0 saturated heterocycles. The number of hydrogen-bond acceptors (Lipinski definition) is 2. The highest BCUT2D eigenvalue weighted by Crippen LogP contribution is 2.18. The molecule has 0 bridgehead atoms. The van der Waals surface area contributed by atoms with E-state index in [9.17, 15) is 0 Å². The van der Waals surface area contributed by atoms with Crippen molar-refractivity contribution in [1.82, 2.24) is 10.2 Å². The number of thiocarbonyl (C=S) groups is 1. The van der Waals surface area contributed by atoms with Gasteiger partial charge in [-0.05, 0) is 42.6 Å². The lowest BCUT2D eigenvalue weighted by atomic mass is 10.0. The molecule has 0 aliphatic carbocycles. The van der Waals surface area contributed by atoms with Gasteiger partial charge in [-0.2, -0.15) is 0 Å². The highest BCUT2D eigenvalue weighted by Gasteiger charge is 2.15. The second-order valence-electron chi connectivity index (χ2n) is 4.87. The summed E-state index contributed by atoms with van der Waals surface area (Å²) in [5.74, 6) is 0. The van der Waals surface area contributed by atoms with Crippen LogP contribution in [0.2, 0.25) is 0 Å². The Morgan fingerprint density at radius 3 is 2.95 bits per heavy atom. The maximum atomic E-state index is 5.49. The van der Waals surface area contributed by atoms with Gasteiger partial charge in [0.05, 0.1) is 0 Å². The van der Waals surface area contributed by atoms with E-state index in [4.69, 9.17) is 17.0 Å². The molecular weight excluding hydrogens is 256 g/mol. The van der Waals surface area contributed by atoms with Gasteiger partial charge < -0.3 is 15.0 Å². The molecular formula is C15H22N2OS. The zero-order valence-corrected chi connectivity index (χ0v) is 12.3. The molecule has 1 aliphatic rings. The lowest BCUT2D eigenvalue weighted by Crippen LogP contribution is -2.40. The van der Waals surface area contributed by atoms with Crippen molar-refractivity contribution in [3.8, 4) is 0 Å². The first-order chi connectivity index (χ1) is 9.31. The maximum Gasteiger partial charge on any atom is 0.169 e. The summed E-state index contributed by atoms with van der Waals surface area (Å²) in [6.07, 6.45) is 3.30. The molecule has 1 aliphatic heterocycles. The molecule has 0 spiro atoms. The molecule has 0 radical (unpaired) electrons. The molecule has 0 fully saturated rings. The fourth-order valence-electron chi connectivity index (χ4n) is 2.40. The Kier molecular flexibility index (Phi) is 5.61. The van der Waals surface area contributed by atoms with E-state index in [2.05, 4.69) is 34.5 Å². The van der Waals surface area contributed by atoms with Crippen molar-refractivity contribution >= 4 is 17.3 Å². The van der Waals surface area contributed by atoms with Crippen molar-refractivity contribution in [3.05, 3.63) is 35.4 Å². The van der Waals surface area contributed by atoms with E-state index in [0.29, 0.717) is 0 Å². The Bertz CT molecular complexity index is 422. The Balaban J connectivity index is 1.89. The molecule has 19 heavy (non-hydrogen) atoms. The van der Waals surface area contributed by atoms with Crippen molar-refractivity contribution in [2.24, 2.45) is 0 Å². The van der Waals surface area contributed by atoms with Crippen LogP contribution in [0.4, 0.5) is 0 Å². The van der Waals surface area contributed by atoms with Crippen LogP contribution in [-0.2, 0) is 17.7 Å². The second kappa shape index (κ2) is 7.46. The standard InChI is InChI=1S/C15H22N2OS/c1-18-11-5-9-16-15(19)17-10-4-8-13-6-2-3-7-14(13)12-17/h2-3,6-7H,4-5,8-12H2,1H3,(H,16,19). The van der Waals surface area contributed by atoms with Crippen LogP contribution in [0.1, 0.15) is 24.0 Å². The number of nitrogens with zero attached hydrogens (tertiary/aromatic N) is 1. The van der Waals surface area contributed by atoms with Gasteiger partial charge in [-0.15, -0.1) is 0 Å². The van der Waals surface area contributed by atoms with Crippen LogP contribution in [0.3, 0.4) is 0 Å². The lowest BCUT2D eigenvalue weighted by molar-refractivity contribution is 0.195. The molecule has 1 aromatic rings. The number of ether oxygens (including phenoxy) is 1. The zero-order chi connectivity index (χ0) is 13.5. The Morgan fingerprint density at radius 2 is 2.16 bits per heavy atom. The first-order valence-corrected chi connectivity index (χ1v) is 7.30. The summed E-state index contributed by atoms with van der Waals surface area (Å²) >= 11 is 5.49. The van der Waals surface area contributed by atoms with E-state index in [1.54, 1.807) is 7.11 Å². The topological polar surface area (TPSA) is 24.5 Å². The number of fused-ring (bicyclic) bond motifs is 1. The van der Waals surface area contributed by atoms with Crippen molar-refractivity contribution in [1.29, 1.82) is 0 Å². The van der Waals surface area contributed by atoms with Crippen LogP contribution >= 0.6 is 12.2 Å². The number of methoxy groups -OCH3 is 1. The van der Waals surface area contributed by atoms with E-state index in [1.165, 1.54) is 11.1 Å². The Hall–Kier alpha value is -1.13. The summed E-state index contributed by atoms with van der Waals surface area (Å²) in [4.78, 5) is 2.27. The van der Waals surface area contributed by atoms with Gasteiger partial charge in [0.25, 0.3) is 0 Å². The zero-order valence-electron chi connectivity index (χ0n) is 11.5. The molecule has 1 heterocycles. The molecule has 0 amide bonds. The van der Waals surface area contributed by atoms with Gasteiger partial charge in [-0.25, -0.2) is 0 Å². The lowest BCUT2D eigenvalue weighted by Gasteiger charge is -2.24. The molecule has 3 nitrogen and oxygen atoms in total. The third kappa shape index (κ3) is 4.18. The van der Waals surface area contributed by atoms with Gasteiger partial charge in [-0.1, -0.05) is 24.3 Å². The highest BCUT2D eigenvalue weighted by molar-refractivity contribution is 7.80. The fourth-order valence-corrected chi connectivity index (χ4v) is 2.66. The van der Waals surface area contributed by atoms with Crippen LogP contribution in [-0.4, -0.2) is 36.8 Å². The SMILES string of the molecule is COCCCNC(=S)N1CCCc2ccccc2C1. The van der Waals surface area contributed by atoms with Crippen molar-refractivity contribution in [2.45, 2.75) is 25.8 Å². The van der Waals surface area contributed by atoms with Gasteiger partial charge in [0.15, 0.2) is 5.11 Å². The summed E-state index contributed by atoms with van der Waals surface area (Å²) in [6.45, 7) is 3.61. The van der Waals surface area contributed by atoms with Crippen LogP contribution in [0, 0.1) is 0 Å². The number of hydrogen-bond donors (Lipinski definition) is 1. The number of benzene rings is 1. The minimum atomic E-state index is 0.776. The summed E-state index contributed by atoms with van der Waals surface area (Å²) in [5.41, 5.74) is 2.87. The minimum Gasteiger partial charge on any atom is -0.385 e. The molecule has 4 heteroatoms. The molecule has 0 unspecified atom stereocenters. The summed E-state index contributed by atoms with van der Waals surface area (Å²) < 4.78 is 5.04. The van der Waals surface area contributed by atoms with E-state index < -0.39 is 0 Å². The number of aryl methyl sites for hydroxylation is 1. The maximum absolute atomic E-state index is 5.49. The predicted octanol–water partition coefficient (Wildman–Crippen LogP) is 2.35. The van der Waals surface area contributed by atoms with Crippen LogP contribution in [0.25, 0.3) is 0 Å². The average molecular weight is 278 g/mol.